The lowest BCUT2D eigenvalue weighted by Gasteiger charge is -2.31. The van der Waals surface area contributed by atoms with Crippen LogP contribution in [-0.4, -0.2) is 40.8 Å². The molecular formula is C27H35Cl2NO4S2. The molecule has 5 nitrogen and oxygen atoms in total. The summed E-state index contributed by atoms with van der Waals surface area (Å²) >= 11 is 14.1. The van der Waals surface area contributed by atoms with Gasteiger partial charge in [-0.2, -0.15) is 16.1 Å². The second kappa shape index (κ2) is 13.0. The number of aliphatic carboxylic acids is 1. The Balaban J connectivity index is 2.15. The van der Waals surface area contributed by atoms with E-state index in [-0.39, 0.29) is 15.2 Å². The summed E-state index contributed by atoms with van der Waals surface area (Å²) in [5.41, 5.74) is 1.49. The van der Waals surface area contributed by atoms with Crippen molar-refractivity contribution in [3.05, 3.63) is 63.6 Å². The van der Waals surface area contributed by atoms with Gasteiger partial charge in [-0.05, 0) is 55.3 Å². The average molecular weight is 573 g/mol. The average Bonchev–Trinajstić information content (AvgIpc) is 3.16. The number of carbonyl (C=O) groups is 1. The normalized spacial score (nSPS) is 22.7. The van der Waals surface area contributed by atoms with Gasteiger partial charge in [0.25, 0.3) is 0 Å². The molecule has 1 aliphatic rings. The number of carboxylic acid groups (broad SMARTS) is 1. The Morgan fingerprint density at radius 3 is 2.28 bits per heavy atom. The molecule has 0 spiro atoms. The van der Waals surface area contributed by atoms with Crippen LogP contribution in [0, 0.1) is 12.8 Å². The van der Waals surface area contributed by atoms with Gasteiger partial charge in [0.1, 0.15) is 0 Å². The molecule has 9 heteroatoms. The summed E-state index contributed by atoms with van der Waals surface area (Å²) in [6.45, 7) is 6.05. The number of halogens is 2. The summed E-state index contributed by atoms with van der Waals surface area (Å²) in [5.74, 6) is -1.13. The summed E-state index contributed by atoms with van der Waals surface area (Å²) in [4.78, 5) is 13.0. The molecule has 198 valence electrons. The van der Waals surface area contributed by atoms with E-state index in [9.17, 15) is 18.3 Å². The van der Waals surface area contributed by atoms with Gasteiger partial charge in [0, 0.05) is 11.3 Å². The molecule has 2 aromatic carbocycles. The highest BCUT2D eigenvalue weighted by Crippen LogP contribution is 2.51. The van der Waals surface area contributed by atoms with Crippen LogP contribution in [0.1, 0.15) is 69.5 Å². The predicted octanol–water partition coefficient (Wildman–Crippen LogP) is 7.60. The van der Waals surface area contributed by atoms with Crippen molar-refractivity contribution >= 4 is 51.0 Å². The van der Waals surface area contributed by atoms with Crippen molar-refractivity contribution in [3.8, 4) is 0 Å². The Kier molecular flexibility index (Phi) is 10.6. The molecule has 1 heterocycles. The third-order valence-corrected chi connectivity index (χ3v) is 10.9. The Bertz CT molecular complexity index is 1140. The van der Waals surface area contributed by atoms with Crippen LogP contribution in [0.3, 0.4) is 0 Å². The summed E-state index contributed by atoms with van der Waals surface area (Å²) in [6.07, 6.45) is 5.60. The van der Waals surface area contributed by atoms with E-state index >= 15 is 0 Å². The third kappa shape index (κ3) is 6.41. The highest BCUT2D eigenvalue weighted by Gasteiger charge is 2.57. The number of thioether (sulfide) groups is 1. The van der Waals surface area contributed by atoms with Gasteiger partial charge in [0.05, 0.1) is 26.9 Å². The van der Waals surface area contributed by atoms with Crippen LogP contribution in [-0.2, 0) is 14.8 Å². The number of sulfonamides is 1. The minimum Gasteiger partial charge on any atom is -0.481 e. The lowest BCUT2D eigenvalue weighted by molar-refractivity contribution is -0.142. The molecular weight excluding hydrogens is 537 g/mol. The van der Waals surface area contributed by atoms with Crippen LogP contribution in [0.4, 0.5) is 0 Å². The number of unbranched alkanes of at least 4 members (excludes halogenated alkanes) is 3. The molecule has 0 bridgehead atoms. The highest BCUT2D eigenvalue weighted by molar-refractivity contribution is 8.00. The molecule has 0 aliphatic carbocycles. The Hall–Kier alpha value is -1.25. The smallest absolute Gasteiger partial charge is 0.309 e. The first-order valence-electron chi connectivity index (χ1n) is 12.5. The third-order valence-electron chi connectivity index (χ3n) is 6.73. The van der Waals surface area contributed by atoms with Crippen molar-refractivity contribution in [1.82, 2.24) is 4.31 Å². The monoisotopic (exact) mass is 571 g/mol. The molecule has 1 saturated heterocycles. The minimum atomic E-state index is -4.01. The summed E-state index contributed by atoms with van der Waals surface area (Å²) in [6, 6.07) is 10.3. The first-order chi connectivity index (χ1) is 17.1. The minimum absolute atomic E-state index is 0.164. The van der Waals surface area contributed by atoms with Crippen molar-refractivity contribution in [2.45, 2.75) is 81.5 Å². The zero-order valence-electron chi connectivity index (χ0n) is 21.0. The number of carboxylic acids is 1. The van der Waals surface area contributed by atoms with E-state index in [1.54, 1.807) is 54.2 Å². The quantitative estimate of drug-likeness (QED) is 0.265. The molecule has 1 fully saturated rings. The van der Waals surface area contributed by atoms with Gasteiger partial charge < -0.3 is 5.11 Å². The molecule has 0 amide bonds. The fourth-order valence-electron chi connectivity index (χ4n) is 4.96. The standard InChI is InChI=1S/C27H35Cl2NO4S2/c1-4-6-7-8-16-35-26-23(9-5-2)30(36(33,34)20-13-10-18(3)11-14-20)25(24(26)27(31)32)19-12-15-21(28)22(29)17-19/h10-15,17,23-26H,4-9,16H2,1-3H3,(H,31,32)/t23-,24+,25+,26-/m1/s1. The first-order valence-corrected chi connectivity index (χ1v) is 15.8. The van der Waals surface area contributed by atoms with E-state index in [4.69, 9.17) is 23.2 Å². The Morgan fingerprint density at radius 2 is 1.69 bits per heavy atom. The molecule has 36 heavy (non-hydrogen) atoms. The largest absolute Gasteiger partial charge is 0.481 e. The van der Waals surface area contributed by atoms with Gasteiger partial charge in [0.2, 0.25) is 10.0 Å². The molecule has 0 unspecified atom stereocenters. The first kappa shape index (κ1) is 29.3. The van der Waals surface area contributed by atoms with Gasteiger partial charge >= 0.3 is 5.97 Å². The number of hydrogen-bond donors (Lipinski definition) is 1. The number of nitrogens with zero attached hydrogens (tertiary/aromatic N) is 1. The zero-order chi connectivity index (χ0) is 26.5. The molecule has 1 N–H and O–H groups in total. The van der Waals surface area contributed by atoms with Gasteiger partial charge in [0.15, 0.2) is 0 Å². The van der Waals surface area contributed by atoms with Crippen LogP contribution < -0.4 is 0 Å². The van der Waals surface area contributed by atoms with Crippen molar-refractivity contribution in [2.24, 2.45) is 5.92 Å². The van der Waals surface area contributed by atoms with Crippen molar-refractivity contribution in [1.29, 1.82) is 0 Å². The zero-order valence-corrected chi connectivity index (χ0v) is 24.1. The predicted molar refractivity (Wildman–Crippen MR) is 150 cm³/mol. The van der Waals surface area contributed by atoms with E-state index in [1.807, 2.05) is 13.8 Å². The fraction of sp³-hybridized carbons (Fsp3) is 0.519. The number of hydrogen-bond acceptors (Lipinski definition) is 4. The van der Waals surface area contributed by atoms with Crippen LogP contribution in [0.25, 0.3) is 0 Å². The van der Waals surface area contributed by atoms with Crippen LogP contribution in [0.2, 0.25) is 10.0 Å². The van der Waals surface area contributed by atoms with Crippen LogP contribution in [0.15, 0.2) is 47.4 Å². The molecule has 1 aliphatic heterocycles. The Morgan fingerprint density at radius 1 is 1.00 bits per heavy atom. The molecule has 3 rings (SSSR count). The lowest BCUT2D eigenvalue weighted by atomic mass is 9.92. The van der Waals surface area contributed by atoms with Crippen LogP contribution in [0.5, 0.6) is 0 Å². The fourth-order valence-corrected chi connectivity index (χ4v) is 8.82. The molecule has 2 aromatic rings. The van der Waals surface area contributed by atoms with Crippen LogP contribution >= 0.6 is 35.0 Å². The van der Waals surface area contributed by atoms with Gasteiger partial charge in [-0.3, -0.25) is 4.79 Å². The second-order valence-electron chi connectivity index (χ2n) is 9.38. The van der Waals surface area contributed by atoms with E-state index in [0.717, 1.165) is 43.4 Å². The molecule has 0 aromatic heterocycles. The van der Waals surface area contributed by atoms with E-state index in [0.29, 0.717) is 17.0 Å². The van der Waals surface area contributed by atoms with Crippen molar-refractivity contribution in [3.63, 3.8) is 0 Å². The summed E-state index contributed by atoms with van der Waals surface area (Å²) in [5, 5.41) is 10.7. The number of benzene rings is 2. The summed E-state index contributed by atoms with van der Waals surface area (Å²) < 4.78 is 29.8. The second-order valence-corrected chi connectivity index (χ2v) is 13.3. The number of rotatable bonds is 12. The van der Waals surface area contributed by atoms with Gasteiger partial charge in [-0.1, -0.05) is 86.5 Å². The van der Waals surface area contributed by atoms with Gasteiger partial charge in [-0.15, -0.1) is 0 Å². The topological polar surface area (TPSA) is 74.7 Å². The SMILES string of the molecule is CCCCCCS[C@H]1[C@@H](C(=O)O)[C@H](c2ccc(Cl)c(Cl)c2)N(S(=O)(=O)c2ccc(C)cc2)[C@@H]1CCC. The maximum absolute atomic E-state index is 14.2. The van der Waals surface area contributed by atoms with E-state index in [1.165, 1.54) is 4.31 Å². The summed E-state index contributed by atoms with van der Waals surface area (Å²) in [7, 11) is -4.01. The van der Waals surface area contributed by atoms with E-state index < -0.39 is 34.0 Å². The van der Waals surface area contributed by atoms with Gasteiger partial charge in [-0.25, -0.2) is 8.42 Å². The Labute approximate surface area is 229 Å². The maximum atomic E-state index is 14.2. The molecule has 0 radical (unpaired) electrons. The maximum Gasteiger partial charge on any atom is 0.309 e. The van der Waals surface area contributed by atoms with Crippen molar-refractivity contribution in [2.75, 3.05) is 5.75 Å². The van der Waals surface area contributed by atoms with E-state index in [2.05, 4.69) is 6.92 Å². The lowest BCUT2D eigenvalue weighted by Crippen LogP contribution is -2.40. The van der Waals surface area contributed by atoms with Crippen molar-refractivity contribution < 1.29 is 18.3 Å². The molecule has 4 atom stereocenters. The molecule has 0 saturated carbocycles. The highest BCUT2D eigenvalue weighted by atomic mass is 35.5. The number of aryl methyl sites for hydroxylation is 1.